The Morgan fingerprint density at radius 1 is 1.18 bits per heavy atom. The molecule has 33 heavy (non-hydrogen) atoms. The molecule has 2 N–H and O–H groups in total. The van der Waals surface area contributed by atoms with Gasteiger partial charge in [0.2, 0.25) is 0 Å². The smallest absolute Gasteiger partial charge is 0.310 e. The topological polar surface area (TPSA) is 76.0 Å². The van der Waals surface area contributed by atoms with Gasteiger partial charge in [-0.1, -0.05) is 44.8 Å². The van der Waals surface area contributed by atoms with Crippen molar-refractivity contribution in [3.05, 3.63) is 24.0 Å². The highest BCUT2D eigenvalue weighted by atomic mass is 19.1. The van der Waals surface area contributed by atoms with E-state index in [1.165, 1.54) is 0 Å². The number of carbonyl (C=O) groups is 1. The number of aliphatic carboxylic acids is 1. The fourth-order valence-electron chi connectivity index (χ4n) is 5.29. The lowest BCUT2D eigenvalue weighted by molar-refractivity contribution is -0.165. The van der Waals surface area contributed by atoms with Gasteiger partial charge in [0.05, 0.1) is 18.6 Å². The Hall–Kier alpha value is -1.40. The van der Waals surface area contributed by atoms with E-state index < -0.39 is 29.3 Å². The minimum atomic E-state index is -1.38. The summed E-state index contributed by atoms with van der Waals surface area (Å²) in [5.41, 5.74) is -2.43. The van der Waals surface area contributed by atoms with Crippen LogP contribution in [0.5, 0.6) is 0 Å². The van der Waals surface area contributed by atoms with E-state index >= 15 is 4.39 Å². The lowest BCUT2D eigenvalue weighted by Gasteiger charge is -2.41. The van der Waals surface area contributed by atoms with E-state index in [4.69, 9.17) is 9.47 Å². The summed E-state index contributed by atoms with van der Waals surface area (Å²) in [6.45, 7) is 5.99. The first-order chi connectivity index (χ1) is 15.7. The molecule has 4 atom stereocenters. The molecule has 1 aliphatic carbocycles. The van der Waals surface area contributed by atoms with E-state index in [2.05, 4.69) is 0 Å². The number of aliphatic hydroxyl groups is 1. The second kappa shape index (κ2) is 13.5. The maximum atomic E-state index is 15.2. The van der Waals surface area contributed by atoms with Crippen LogP contribution in [0.25, 0.3) is 0 Å². The molecule has 0 aromatic rings. The predicted octanol–water partition coefficient (Wildman–Crippen LogP) is 6.56. The van der Waals surface area contributed by atoms with Gasteiger partial charge in [0.25, 0.3) is 0 Å². The number of halogens is 1. The number of carboxylic acids is 1. The van der Waals surface area contributed by atoms with Crippen LogP contribution < -0.4 is 0 Å². The first kappa shape index (κ1) is 27.8. The van der Waals surface area contributed by atoms with Gasteiger partial charge in [0, 0.05) is 18.8 Å². The van der Waals surface area contributed by atoms with E-state index in [0.29, 0.717) is 25.2 Å². The molecular formula is C27H45FO5. The van der Waals surface area contributed by atoms with E-state index in [1.807, 2.05) is 19.9 Å². The maximum absolute atomic E-state index is 15.2. The molecule has 1 heterocycles. The second-order valence-electron chi connectivity index (χ2n) is 10.3. The molecule has 5 nitrogen and oxygen atoms in total. The van der Waals surface area contributed by atoms with Crippen molar-refractivity contribution < 1.29 is 28.9 Å². The van der Waals surface area contributed by atoms with Crippen LogP contribution >= 0.6 is 0 Å². The highest BCUT2D eigenvalue weighted by molar-refractivity contribution is 5.75. The van der Waals surface area contributed by atoms with Crippen LogP contribution in [0.1, 0.15) is 97.8 Å². The van der Waals surface area contributed by atoms with Gasteiger partial charge < -0.3 is 19.7 Å². The Labute approximate surface area is 199 Å². The standard InChI is InChI=1S/C27H45FO5/c1-4-5-17-26(2,28)18-16-23(33-24-15-9-11-20-32-24)22(14-8-10-19-29)27(3,25(30)31)21-12-6-7-13-21/h8,10,16,21-22,24,29H,4-7,9,11-15,17-20H2,1-3H3,(H,30,31)/b10-8-,23-16+/t22-,24?,26?,27-/m0/s1. The van der Waals surface area contributed by atoms with Crippen LogP contribution in [0.3, 0.4) is 0 Å². The summed E-state index contributed by atoms with van der Waals surface area (Å²) in [7, 11) is 0. The molecular weight excluding hydrogens is 423 g/mol. The molecule has 2 unspecified atom stereocenters. The summed E-state index contributed by atoms with van der Waals surface area (Å²) in [5.74, 6) is -0.751. The molecule has 1 saturated carbocycles. The number of hydrogen-bond acceptors (Lipinski definition) is 4. The summed E-state index contributed by atoms with van der Waals surface area (Å²) in [6.07, 6.45) is 14.1. The second-order valence-corrected chi connectivity index (χ2v) is 10.3. The zero-order chi connectivity index (χ0) is 24.3. The zero-order valence-corrected chi connectivity index (χ0v) is 20.9. The molecule has 6 heteroatoms. The molecule has 2 rings (SSSR count). The van der Waals surface area contributed by atoms with Gasteiger partial charge in [-0.3, -0.25) is 4.79 Å². The van der Waals surface area contributed by atoms with Gasteiger partial charge in [-0.2, -0.15) is 0 Å². The Morgan fingerprint density at radius 2 is 1.88 bits per heavy atom. The summed E-state index contributed by atoms with van der Waals surface area (Å²) in [4.78, 5) is 12.8. The molecule has 0 amide bonds. The molecule has 0 bridgehead atoms. The average molecular weight is 469 g/mol. The SMILES string of the molecule is CCCCC(C)(F)C/C=C(/OC1CCCCO1)[C@H](C/C=C\CO)[C@@](C)(C(=O)O)C1CCCC1. The van der Waals surface area contributed by atoms with Crippen molar-refractivity contribution in [3.63, 3.8) is 0 Å². The third-order valence-corrected chi connectivity index (χ3v) is 7.56. The van der Waals surface area contributed by atoms with Crippen LogP contribution in [0.4, 0.5) is 4.39 Å². The van der Waals surface area contributed by atoms with E-state index in [0.717, 1.165) is 57.8 Å². The molecule has 0 radical (unpaired) electrons. The van der Waals surface area contributed by atoms with Crippen molar-refractivity contribution in [3.8, 4) is 0 Å². The Balaban J connectivity index is 2.43. The molecule has 190 valence electrons. The van der Waals surface area contributed by atoms with E-state index in [-0.39, 0.29) is 18.9 Å². The molecule has 2 fully saturated rings. The highest BCUT2D eigenvalue weighted by Gasteiger charge is 2.50. The van der Waals surface area contributed by atoms with Crippen LogP contribution in [0.15, 0.2) is 24.0 Å². The van der Waals surface area contributed by atoms with Crippen LogP contribution in [0, 0.1) is 17.3 Å². The predicted molar refractivity (Wildman–Crippen MR) is 128 cm³/mol. The molecule has 1 aliphatic heterocycles. The fourth-order valence-corrected chi connectivity index (χ4v) is 5.29. The summed E-state index contributed by atoms with van der Waals surface area (Å²) in [6, 6.07) is 0. The van der Waals surface area contributed by atoms with Crippen molar-refractivity contribution >= 4 is 5.97 Å². The Kier molecular flexibility index (Phi) is 11.4. The fraction of sp³-hybridized carbons (Fsp3) is 0.815. The van der Waals surface area contributed by atoms with Crippen molar-refractivity contribution in [1.82, 2.24) is 0 Å². The van der Waals surface area contributed by atoms with E-state index in [9.17, 15) is 15.0 Å². The zero-order valence-electron chi connectivity index (χ0n) is 20.9. The van der Waals surface area contributed by atoms with Crippen molar-refractivity contribution in [2.24, 2.45) is 17.3 Å². The van der Waals surface area contributed by atoms with Crippen molar-refractivity contribution in [2.75, 3.05) is 13.2 Å². The summed E-state index contributed by atoms with van der Waals surface area (Å²) >= 11 is 0. The molecule has 0 aromatic heterocycles. The number of allylic oxidation sites excluding steroid dienone is 3. The van der Waals surface area contributed by atoms with Gasteiger partial charge in [-0.05, 0) is 64.4 Å². The Bertz CT molecular complexity index is 647. The van der Waals surface area contributed by atoms with Gasteiger partial charge >= 0.3 is 5.97 Å². The van der Waals surface area contributed by atoms with Gasteiger partial charge in [0.1, 0.15) is 11.4 Å². The average Bonchev–Trinajstić information content (AvgIpc) is 3.34. The van der Waals surface area contributed by atoms with Crippen LogP contribution in [-0.4, -0.2) is 41.4 Å². The lowest BCUT2D eigenvalue weighted by atomic mass is 9.65. The quantitative estimate of drug-likeness (QED) is 0.223. The van der Waals surface area contributed by atoms with Crippen LogP contribution in [0.2, 0.25) is 0 Å². The number of ether oxygens (including phenoxy) is 2. The number of unbranched alkanes of at least 4 members (excludes halogenated alkanes) is 1. The summed E-state index contributed by atoms with van der Waals surface area (Å²) in [5, 5.41) is 19.7. The molecule has 0 aromatic carbocycles. The number of alkyl halides is 1. The van der Waals surface area contributed by atoms with Gasteiger partial charge in [0.15, 0.2) is 6.29 Å². The number of hydrogen-bond donors (Lipinski definition) is 2. The van der Waals surface area contributed by atoms with Gasteiger partial charge in [-0.25, -0.2) is 4.39 Å². The number of rotatable bonds is 14. The van der Waals surface area contributed by atoms with Crippen molar-refractivity contribution in [2.45, 2.75) is 110 Å². The first-order valence-electron chi connectivity index (χ1n) is 12.9. The normalized spacial score (nSPS) is 25.0. The minimum absolute atomic E-state index is 0.0265. The number of carboxylic acid groups (broad SMARTS) is 1. The third-order valence-electron chi connectivity index (χ3n) is 7.56. The molecule has 0 spiro atoms. The van der Waals surface area contributed by atoms with Gasteiger partial charge in [-0.15, -0.1) is 0 Å². The first-order valence-corrected chi connectivity index (χ1v) is 12.9. The third kappa shape index (κ3) is 8.10. The lowest BCUT2D eigenvalue weighted by Crippen LogP contribution is -2.43. The van der Waals surface area contributed by atoms with E-state index in [1.54, 1.807) is 19.1 Å². The molecule has 2 aliphatic rings. The highest BCUT2D eigenvalue weighted by Crippen LogP contribution is 2.49. The summed E-state index contributed by atoms with van der Waals surface area (Å²) < 4.78 is 27.4. The minimum Gasteiger partial charge on any atom is -0.481 e. The van der Waals surface area contributed by atoms with Crippen LogP contribution in [-0.2, 0) is 14.3 Å². The molecule has 1 saturated heterocycles. The number of aliphatic hydroxyl groups excluding tert-OH is 1. The van der Waals surface area contributed by atoms with Crippen molar-refractivity contribution in [1.29, 1.82) is 0 Å². The Morgan fingerprint density at radius 3 is 2.45 bits per heavy atom. The maximum Gasteiger partial charge on any atom is 0.310 e. The monoisotopic (exact) mass is 468 g/mol. The largest absolute Gasteiger partial charge is 0.481 e.